The van der Waals surface area contributed by atoms with Crippen LogP contribution in [0.4, 0.5) is 13.2 Å². The first-order chi connectivity index (χ1) is 8.37. The normalized spacial score (nSPS) is 17.4. The highest BCUT2D eigenvalue weighted by atomic mass is 79.9. The summed E-state index contributed by atoms with van der Waals surface area (Å²) in [5.41, 5.74) is 0.617. The Kier molecular flexibility index (Phi) is 4.16. The standard InChI is InChI=1S/C11H11BrClF3N2/c12-8-9(6-3-1-2-4-6)17-7(18-10(8)13)5-11(14,15)16/h6H,1-5H2. The summed E-state index contributed by atoms with van der Waals surface area (Å²) in [5.74, 6) is -0.0653. The van der Waals surface area contributed by atoms with Crippen molar-refractivity contribution in [1.29, 1.82) is 0 Å². The second-order valence-electron chi connectivity index (χ2n) is 4.40. The van der Waals surface area contributed by atoms with Crippen molar-refractivity contribution < 1.29 is 13.2 Å². The van der Waals surface area contributed by atoms with Crippen LogP contribution in [0.3, 0.4) is 0 Å². The molecule has 0 bridgehead atoms. The van der Waals surface area contributed by atoms with E-state index in [1.54, 1.807) is 0 Å². The Morgan fingerprint density at radius 2 is 1.83 bits per heavy atom. The molecule has 18 heavy (non-hydrogen) atoms. The van der Waals surface area contributed by atoms with Crippen molar-refractivity contribution in [2.75, 3.05) is 0 Å². The van der Waals surface area contributed by atoms with E-state index in [4.69, 9.17) is 11.6 Å². The molecule has 0 aliphatic heterocycles. The average molecular weight is 344 g/mol. The molecular weight excluding hydrogens is 332 g/mol. The summed E-state index contributed by atoms with van der Waals surface area (Å²) in [6.45, 7) is 0. The summed E-state index contributed by atoms with van der Waals surface area (Å²) in [4.78, 5) is 7.72. The van der Waals surface area contributed by atoms with Crippen LogP contribution in [0.15, 0.2) is 4.47 Å². The molecule has 0 N–H and O–H groups in total. The van der Waals surface area contributed by atoms with Gasteiger partial charge < -0.3 is 0 Å². The van der Waals surface area contributed by atoms with E-state index in [9.17, 15) is 13.2 Å². The molecule has 0 radical (unpaired) electrons. The first kappa shape index (κ1) is 14.1. The molecule has 1 fully saturated rings. The van der Waals surface area contributed by atoms with Crippen LogP contribution in [-0.4, -0.2) is 16.1 Å². The van der Waals surface area contributed by atoms with Crippen molar-refractivity contribution in [1.82, 2.24) is 9.97 Å². The number of nitrogens with zero attached hydrogens (tertiary/aromatic N) is 2. The van der Waals surface area contributed by atoms with E-state index in [1.165, 1.54) is 0 Å². The second-order valence-corrected chi connectivity index (χ2v) is 5.55. The fourth-order valence-electron chi connectivity index (χ4n) is 2.21. The lowest BCUT2D eigenvalue weighted by Crippen LogP contribution is -2.16. The molecule has 1 aromatic heterocycles. The minimum absolute atomic E-state index is 0.0612. The summed E-state index contributed by atoms with van der Waals surface area (Å²) in [5, 5.41) is 0.0612. The molecule has 0 saturated heterocycles. The molecule has 2 rings (SSSR count). The maximum Gasteiger partial charge on any atom is 0.396 e. The van der Waals surface area contributed by atoms with Crippen molar-refractivity contribution in [3.05, 3.63) is 21.1 Å². The third-order valence-electron chi connectivity index (χ3n) is 2.98. The van der Waals surface area contributed by atoms with Crippen molar-refractivity contribution in [3.8, 4) is 0 Å². The molecule has 0 spiro atoms. The summed E-state index contributed by atoms with van der Waals surface area (Å²) >= 11 is 9.13. The zero-order valence-corrected chi connectivity index (χ0v) is 11.7. The largest absolute Gasteiger partial charge is 0.396 e. The molecule has 1 aliphatic carbocycles. The van der Waals surface area contributed by atoms with E-state index in [1.807, 2.05) is 0 Å². The molecule has 1 aliphatic rings. The number of aromatic nitrogens is 2. The van der Waals surface area contributed by atoms with Gasteiger partial charge in [-0.2, -0.15) is 13.2 Å². The van der Waals surface area contributed by atoms with Gasteiger partial charge in [-0.05, 0) is 28.8 Å². The first-order valence-corrected chi connectivity index (χ1v) is 6.82. The summed E-state index contributed by atoms with van der Waals surface area (Å²) in [6, 6.07) is 0. The maximum absolute atomic E-state index is 12.3. The number of halogens is 5. The highest BCUT2D eigenvalue weighted by Gasteiger charge is 2.31. The summed E-state index contributed by atoms with van der Waals surface area (Å²) < 4.78 is 37.6. The quantitative estimate of drug-likeness (QED) is 0.730. The van der Waals surface area contributed by atoms with Crippen LogP contribution >= 0.6 is 27.5 Å². The van der Waals surface area contributed by atoms with Gasteiger partial charge in [-0.1, -0.05) is 24.4 Å². The molecular formula is C11H11BrClF3N2. The Bertz CT molecular complexity index is 445. The van der Waals surface area contributed by atoms with Gasteiger partial charge in [0.15, 0.2) is 0 Å². The Morgan fingerprint density at radius 3 is 2.39 bits per heavy atom. The van der Waals surface area contributed by atoms with Gasteiger partial charge in [0, 0.05) is 5.92 Å². The van der Waals surface area contributed by atoms with Crippen LogP contribution < -0.4 is 0 Å². The van der Waals surface area contributed by atoms with Crippen LogP contribution in [0.1, 0.15) is 43.1 Å². The average Bonchev–Trinajstić information content (AvgIpc) is 2.74. The third-order valence-corrected chi connectivity index (χ3v) is 4.27. The number of rotatable bonds is 2. The molecule has 1 aromatic rings. The van der Waals surface area contributed by atoms with E-state index < -0.39 is 12.6 Å². The van der Waals surface area contributed by atoms with Crippen LogP contribution in [0.25, 0.3) is 0 Å². The molecule has 1 heterocycles. The third kappa shape index (κ3) is 3.35. The van der Waals surface area contributed by atoms with Crippen LogP contribution in [0.5, 0.6) is 0 Å². The van der Waals surface area contributed by atoms with Crippen molar-refractivity contribution in [2.24, 2.45) is 0 Å². The van der Waals surface area contributed by atoms with Crippen LogP contribution in [-0.2, 0) is 6.42 Å². The van der Waals surface area contributed by atoms with Crippen LogP contribution in [0.2, 0.25) is 5.15 Å². The number of hydrogen-bond acceptors (Lipinski definition) is 2. The number of alkyl halides is 3. The van der Waals surface area contributed by atoms with E-state index in [-0.39, 0.29) is 16.9 Å². The lowest BCUT2D eigenvalue weighted by Gasteiger charge is -2.14. The Labute approximate surface area is 116 Å². The lowest BCUT2D eigenvalue weighted by molar-refractivity contribution is -0.128. The van der Waals surface area contributed by atoms with Gasteiger partial charge in [0.2, 0.25) is 0 Å². The molecule has 2 nitrogen and oxygen atoms in total. The predicted molar refractivity (Wildman–Crippen MR) is 65.7 cm³/mol. The van der Waals surface area contributed by atoms with Gasteiger partial charge in [-0.3, -0.25) is 0 Å². The minimum atomic E-state index is -4.32. The highest BCUT2D eigenvalue weighted by Crippen LogP contribution is 2.38. The highest BCUT2D eigenvalue weighted by molar-refractivity contribution is 9.10. The summed E-state index contributed by atoms with van der Waals surface area (Å²) in [6.07, 6.45) is -1.42. The fourth-order valence-corrected chi connectivity index (χ4v) is 2.90. The van der Waals surface area contributed by atoms with Gasteiger partial charge in [-0.25, -0.2) is 9.97 Å². The lowest BCUT2D eigenvalue weighted by atomic mass is 10.0. The Hall–Kier alpha value is -0.360. The van der Waals surface area contributed by atoms with E-state index >= 15 is 0 Å². The molecule has 0 unspecified atom stereocenters. The van der Waals surface area contributed by atoms with Gasteiger partial charge in [-0.15, -0.1) is 0 Å². The van der Waals surface area contributed by atoms with Gasteiger partial charge in [0.1, 0.15) is 17.4 Å². The molecule has 100 valence electrons. The van der Waals surface area contributed by atoms with Gasteiger partial charge in [0.25, 0.3) is 0 Å². The Morgan fingerprint density at radius 1 is 1.22 bits per heavy atom. The topological polar surface area (TPSA) is 25.8 Å². The molecule has 0 aromatic carbocycles. The Balaban J connectivity index is 2.33. The van der Waals surface area contributed by atoms with Gasteiger partial charge >= 0.3 is 6.18 Å². The second kappa shape index (κ2) is 5.33. The molecule has 7 heteroatoms. The zero-order valence-electron chi connectivity index (χ0n) is 9.40. The number of hydrogen-bond donors (Lipinski definition) is 0. The zero-order chi connectivity index (χ0) is 13.3. The maximum atomic E-state index is 12.3. The molecule has 0 amide bonds. The SMILES string of the molecule is FC(F)(F)Cc1nc(Cl)c(Br)c(C2CCCC2)n1. The molecule has 0 atom stereocenters. The van der Waals surface area contributed by atoms with E-state index in [0.29, 0.717) is 10.2 Å². The van der Waals surface area contributed by atoms with E-state index in [0.717, 1.165) is 25.7 Å². The minimum Gasteiger partial charge on any atom is -0.236 e. The van der Waals surface area contributed by atoms with Crippen molar-refractivity contribution in [2.45, 2.75) is 44.2 Å². The molecule has 1 saturated carbocycles. The van der Waals surface area contributed by atoms with Crippen LogP contribution in [0, 0.1) is 0 Å². The van der Waals surface area contributed by atoms with E-state index in [2.05, 4.69) is 25.9 Å². The summed E-state index contributed by atoms with van der Waals surface area (Å²) in [7, 11) is 0. The van der Waals surface area contributed by atoms with Gasteiger partial charge in [0.05, 0.1) is 10.2 Å². The first-order valence-electron chi connectivity index (χ1n) is 5.65. The monoisotopic (exact) mass is 342 g/mol. The fraction of sp³-hybridized carbons (Fsp3) is 0.636. The predicted octanol–water partition coefficient (Wildman–Crippen LogP) is 4.65. The van der Waals surface area contributed by atoms with Crippen molar-refractivity contribution >= 4 is 27.5 Å². The van der Waals surface area contributed by atoms with Crippen molar-refractivity contribution in [3.63, 3.8) is 0 Å². The smallest absolute Gasteiger partial charge is 0.236 e.